The number of hydrogen-bond donors (Lipinski definition) is 1. The summed E-state index contributed by atoms with van der Waals surface area (Å²) in [4.78, 5) is 34.0. The molecule has 0 aromatic heterocycles. The van der Waals surface area contributed by atoms with Crippen molar-refractivity contribution >= 4 is 17.7 Å². The Balaban J connectivity index is 2.30. The van der Waals surface area contributed by atoms with Crippen LogP contribution in [0.4, 0.5) is 0 Å². The molecule has 6 nitrogen and oxygen atoms in total. The van der Waals surface area contributed by atoms with Crippen LogP contribution in [0.2, 0.25) is 0 Å². The zero-order chi connectivity index (χ0) is 16.5. The lowest BCUT2D eigenvalue weighted by molar-refractivity contribution is -0.141. The summed E-state index contributed by atoms with van der Waals surface area (Å²) in [5.41, 5.74) is 2.06. The number of rotatable bonds is 8. The summed E-state index contributed by atoms with van der Waals surface area (Å²) in [6, 6.07) is 5.60. The van der Waals surface area contributed by atoms with Gasteiger partial charge in [0.1, 0.15) is 5.75 Å². The minimum atomic E-state index is -0.446. The quantitative estimate of drug-likeness (QED) is 0.733. The van der Waals surface area contributed by atoms with Crippen LogP contribution in [0.25, 0.3) is 0 Å². The Bertz CT molecular complexity index is 553. The van der Waals surface area contributed by atoms with Crippen molar-refractivity contribution in [2.45, 2.75) is 26.7 Å². The van der Waals surface area contributed by atoms with Gasteiger partial charge in [-0.3, -0.25) is 14.4 Å². The lowest BCUT2D eigenvalue weighted by atomic mass is 10.1. The van der Waals surface area contributed by atoms with Crippen LogP contribution in [0.5, 0.6) is 5.75 Å². The maximum absolute atomic E-state index is 11.6. The van der Waals surface area contributed by atoms with Crippen molar-refractivity contribution < 1.29 is 23.9 Å². The van der Waals surface area contributed by atoms with E-state index in [1.807, 2.05) is 26.0 Å². The van der Waals surface area contributed by atoms with Crippen LogP contribution in [-0.4, -0.2) is 37.9 Å². The van der Waals surface area contributed by atoms with Crippen LogP contribution >= 0.6 is 0 Å². The maximum Gasteiger partial charge on any atom is 0.305 e. The van der Waals surface area contributed by atoms with E-state index in [2.05, 4.69) is 10.1 Å². The molecule has 0 heterocycles. The molecule has 6 heteroatoms. The molecule has 0 aliphatic rings. The molecule has 1 aromatic rings. The van der Waals surface area contributed by atoms with Crippen LogP contribution in [0.3, 0.4) is 0 Å². The van der Waals surface area contributed by atoms with Crippen LogP contribution < -0.4 is 10.1 Å². The highest BCUT2D eigenvalue weighted by Gasteiger charge is 2.10. The zero-order valence-corrected chi connectivity index (χ0v) is 13.1. The average molecular weight is 307 g/mol. The standard InChI is InChI=1S/C16H21NO5/c1-11-5-4-6-14(12(11)2)22-10-15(19)17-9-13(18)7-8-16(20)21-3/h4-6H,7-10H2,1-3H3,(H,17,19). The fraction of sp³-hybridized carbons (Fsp3) is 0.438. The van der Waals surface area contributed by atoms with Crippen molar-refractivity contribution in [3.63, 3.8) is 0 Å². The van der Waals surface area contributed by atoms with Gasteiger partial charge in [0.15, 0.2) is 12.4 Å². The molecular formula is C16H21NO5. The van der Waals surface area contributed by atoms with E-state index in [1.54, 1.807) is 6.07 Å². The molecule has 0 bridgehead atoms. The minimum absolute atomic E-state index is 0.0180. The Kier molecular flexibility index (Phi) is 7.08. The van der Waals surface area contributed by atoms with Gasteiger partial charge in [0.2, 0.25) is 0 Å². The number of aryl methyl sites for hydroxylation is 1. The number of Topliss-reactive ketones (excluding diaryl/α,β-unsaturated/α-hetero) is 1. The smallest absolute Gasteiger partial charge is 0.305 e. The lowest BCUT2D eigenvalue weighted by Gasteiger charge is -2.10. The highest BCUT2D eigenvalue weighted by Crippen LogP contribution is 2.20. The predicted molar refractivity (Wildman–Crippen MR) is 80.7 cm³/mol. The number of ketones is 1. The second-order valence-electron chi connectivity index (χ2n) is 4.88. The molecule has 1 N–H and O–H groups in total. The van der Waals surface area contributed by atoms with Crippen molar-refractivity contribution in [2.24, 2.45) is 0 Å². The van der Waals surface area contributed by atoms with Gasteiger partial charge in [-0.15, -0.1) is 0 Å². The van der Waals surface area contributed by atoms with Crippen molar-refractivity contribution in [2.75, 3.05) is 20.3 Å². The molecule has 1 aromatic carbocycles. The molecular weight excluding hydrogens is 286 g/mol. The summed E-state index contributed by atoms with van der Waals surface area (Å²) >= 11 is 0. The number of methoxy groups -OCH3 is 1. The van der Waals surface area contributed by atoms with E-state index in [4.69, 9.17) is 4.74 Å². The van der Waals surface area contributed by atoms with Crippen molar-refractivity contribution in [1.82, 2.24) is 5.32 Å². The number of esters is 1. The van der Waals surface area contributed by atoms with Crippen LogP contribution in [0.1, 0.15) is 24.0 Å². The molecule has 0 aliphatic heterocycles. The summed E-state index contributed by atoms with van der Waals surface area (Å²) in [7, 11) is 1.26. The summed E-state index contributed by atoms with van der Waals surface area (Å²) in [5.74, 6) is -0.414. The Morgan fingerprint density at radius 3 is 2.55 bits per heavy atom. The minimum Gasteiger partial charge on any atom is -0.483 e. The first-order chi connectivity index (χ1) is 10.4. The van der Waals surface area contributed by atoms with Gasteiger partial charge in [-0.2, -0.15) is 0 Å². The van der Waals surface area contributed by atoms with E-state index in [0.717, 1.165) is 11.1 Å². The van der Waals surface area contributed by atoms with E-state index in [-0.39, 0.29) is 37.7 Å². The Labute approximate surface area is 129 Å². The monoisotopic (exact) mass is 307 g/mol. The molecule has 0 atom stereocenters. The third-order valence-electron chi connectivity index (χ3n) is 3.23. The summed E-state index contributed by atoms with van der Waals surface area (Å²) in [6.07, 6.45) is 0.0645. The van der Waals surface area contributed by atoms with Gasteiger partial charge in [0.25, 0.3) is 5.91 Å². The summed E-state index contributed by atoms with van der Waals surface area (Å²) < 4.78 is 9.87. The van der Waals surface area contributed by atoms with Crippen molar-refractivity contribution in [1.29, 1.82) is 0 Å². The Hall–Kier alpha value is -2.37. The van der Waals surface area contributed by atoms with E-state index in [1.165, 1.54) is 7.11 Å². The number of carbonyl (C=O) groups is 3. The largest absolute Gasteiger partial charge is 0.483 e. The van der Waals surface area contributed by atoms with Gasteiger partial charge in [0, 0.05) is 6.42 Å². The maximum atomic E-state index is 11.6. The lowest BCUT2D eigenvalue weighted by Crippen LogP contribution is -2.33. The number of ether oxygens (including phenoxy) is 2. The van der Waals surface area contributed by atoms with Crippen LogP contribution in [-0.2, 0) is 19.1 Å². The molecule has 1 rings (SSSR count). The van der Waals surface area contributed by atoms with Gasteiger partial charge in [-0.1, -0.05) is 12.1 Å². The first-order valence-corrected chi connectivity index (χ1v) is 6.98. The van der Waals surface area contributed by atoms with E-state index in [9.17, 15) is 14.4 Å². The molecule has 0 radical (unpaired) electrons. The van der Waals surface area contributed by atoms with Gasteiger partial charge in [-0.25, -0.2) is 0 Å². The Morgan fingerprint density at radius 1 is 1.14 bits per heavy atom. The van der Waals surface area contributed by atoms with Gasteiger partial charge < -0.3 is 14.8 Å². The topological polar surface area (TPSA) is 81.7 Å². The fourth-order valence-electron chi connectivity index (χ4n) is 1.70. The summed E-state index contributed by atoms with van der Waals surface area (Å²) in [6.45, 7) is 3.60. The van der Waals surface area contributed by atoms with Crippen LogP contribution in [0.15, 0.2) is 18.2 Å². The third kappa shape index (κ3) is 5.95. The first-order valence-electron chi connectivity index (χ1n) is 6.98. The number of hydrogen-bond acceptors (Lipinski definition) is 5. The molecule has 22 heavy (non-hydrogen) atoms. The van der Waals surface area contributed by atoms with E-state index in [0.29, 0.717) is 5.75 Å². The van der Waals surface area contributed by atoms with Crippen LogP contribution in [0, 0.1) is 13.8 Å². The van der Waals surface area contributed by atoms with E-state index < -0.39 is 5.97 Å². The molecule has 0 spiro atoms. The normalized spacial score (nSPS) is 9.95. The van der Waals surface area contributed by atoms with Gasteiger partial charge >= 0.3 is 5.97 Å². The predicted octanol–water partition coefficient (Wildman–Crippen LogP) is 1.32. The fourth-order valence-corrected chi connectivity index (χ4v) is 1.70. The molecule has 0 aliphatic carbocycles. The van der Waals surface area contributed by atoms with Gasteiger partial charge in [-0.05, 0) is 31.0 Å². The SMILES string of the molecule is COC(=O)CCC(=O)CNC(=O)COc1cccc(C)c1C. The number of carbonyl (C=O) groups excluding carboxylic acids is 3. The molecule has 0 fully saturated rings. The number of benzene rings is 1. The second-order valence-corrected chi connectivity index (χ2v) is 4.88. The van der Waals surface area contributed by atoms with Crippen molar-refractivity contribution in [3.8, 4) is 5.75 Å². The molecule has 1 amide bonds. The third-order valence-corrected chi connectivity index (χ3v) is 3.23. The number of amides is 1. The average Bonchev–Trinajstić information content (AvgIpc) is 2.51. The van der Waals surface area contributed by atoms with Gasteiger partial charge in [0.05, 0.1) is 20.1 Å². The molecule has 0 saturated carbocycles. The summed E-state index contributed by atoms with van der Waals surface area (Å²) in [5, 5.41) is 2.46. The molecule has 0 unspecified atom stereocenters. The Morgan fingerprint density at radius 2 is 1.86 bits per heavy atom. The highest BCUT2D eigenvalue weighted by molar-refractivity contribution is 5.88. The highest BCUT2D eigenvalue weighted by atomic mass is 16.5. The first kappa shape index (κ1) is 17.7. The number of nitrogens with one attached hydrogen (secondary N) is 1. The van der Waals surface area contributed by atoms with E-state index >= 15 is 0 Å². The zero-order valence-electron chi connectivity index (χ0n) is 13.1. The second kappa shape index (κ2) is 8.81. The molecule has 0 saturated heterocycles. The molecule has 120 valence electrons. The van der Waals surface area contributed by atoms with Crippen molar-refractivity contribution in [3.05, 3.63) is 29.3 Å².